The van der Waals surface area contributed by atoms with E-state index >= 15 is 0 Å². The molecule has 0 saturated heterocycles. The highest BCUT2D eigenvalue weighted by Crippen LogP contribution is 2.31. The first-order valence-corrected chi connectivity index (χ1v) is 5.70. The number of rotatable bonds is 4. The topological polar surface area (TPSA) is 72.3 Å². The van der Waals surface area contributed by atoms with E-state index in [0.29, 0.717) is 0 Å². The van der Waals surface area contributed by atoms with Crippen LogP contribution < -0.4 is 4.74 Å². The number of aromatic nitrogens is 2. The number of carbonyl (C=O) groups is 1. The van der Waals surface area contributed by atoms with E-state index in [9.17, 15) is 18.0 Å². The summed E-state index contributed by atoms with van der Waals surface area (Å²) in [6.07, 6.45) is -2.04. The van der Waals surface area contributed by atoms with Crippen LogP contribution in [0.1, 0.15) is 5.56 Å². The third-order valence-electron chi connectivity index (χ3n) is 2.44. The lowest BCUT2D eigenvalue weighted by Crippen LogP contribution is -2.09. The van der Waals surface area contributed by atoms with Gasteiger partial charge in [0.25, 0.3) is 0 Å². The normalized spacial score (nSPS) is 11.2. The van der Waals surface area contributed by atoms with Crippen LogP contribution >= 0.6 is 0 Å². The molecule has 8 heteroatoms. The molecule has 110 valence electrons. The van der Waals surface area contributed by atoms with Gasteiger partial charge in [-0.25, -0.2) is 14.8 Å². The molecule has 21 heavy (non-hydrogen) atoms. The SMILES string of the molecule is O=C(O)COc1cnc(-c2cccc(C(F)(F)F)c2)nc1. The van der Waals surface area contributed by atoms with Crippen LogP contribution in [-0.2, 0) is 11.0 Å². The maximum atomic E-state index is 12.6. The van der Waals surface area contributed by atoms with Crippen LogP contribution in [0.3, 0.4) is 0 Å². The summed E-state index contributed by atoms with van der Waals surface area (Å²) >= 11 is 0. The Morgan fingerprint density at radius 3 is 2.48 bits per heavy atom. The number of carboxylic acid groups (broad SMARTS) is 1. The molecule has 2 aromatic rings. The second kappa shape index (κ2) is 5.78. The van der Waals surface area contributed by atoms with Crippen LogP contribution in [0.4, 0.5) is 13.2 Å². The standard InChI is InChI=1S/C13H9F3N2O3/c14-13(15,16)9-3-1-2-8(4-9)12-17-5-10(6-18-12)21-7-11(19)20/h1-6H,7H2,(H,19,20). The Kier molecular flexibility index (Phi) is 4.06. The second-order valence-corrected chi connectivity index (χ2v) is 4.00. The highest BCUT2D eigenvalue weighted by Gasteiger charge is 2.30. The minimum absolute atomic E-state index is 0.0868. The molecular weight excluding hydrogens is 289 g/mol. The zero-order valence-corrected chi connectivity index (χ0v) is 10.5. The zero-order valence-electron chi connectivity index (χ0n) is 10.5. The fourth-order valence-corrected chi connectivity index (χ4v) is 1.52. The van der Waals surface area contributed by atoms with Crippen LogP contribution in [0.5, 0.6) is 5.75 Å². The van der Waals surface area contributed by atoms with Gasteiger partial charge in [0.05, 0.1) is 18.0 Å². The number of hydrogen-bond acceptors (Lipinski definition) is 4. The molecule has 0 atom stereocenters. The minimum atomic E-state index is -4.44. The summed E-state index contributed by atoms with van der Waals surface area (Å²) < 4.78 is 42.7. The molecule has 0 aliphatic rings. The number of hydrogen-bond donors (Lipinski definition) is 1. The van der Waals surface area contributed by atoms with Crippen molar-refractivity contribution in [2.24, 2.45) is 0 Å². The molecule has 0 spiro atoms. The predicted molar refractivity (Wildman–Crippen MR) is 65.6 cm³/mol. The van der Waals surface area contributed by atoms with Crippen molar-refractivity contribution in [1.29, 1.82) is 0 Å². The molecule has 2 rings (SSSR count). The van der Waals surface area contributed by atoms with E-state index in [4.69, 9.17) is 9.84 Å². The van der Waals surface area contributed by atoms with Crippen molar-refractivity contribution in [1.82, 2.24) is 9.97 Å². The lowest BCUT2D eigenvalue weighted by atomic mass is 10.1. The Morgan fingerprint density at radius 1 is 1.24 bits per heavy atom. The summed E-state index contributed by atoms with van der Waals surface area (Å²) in [4.78, 5) is 18.0. The van der Waals surface area contributed by atoms with Crippen molar-refractivity contribution >= 4 is 5.97 Å². The summed E-state index contributed by atoms with van der Waals surface area (Å²) in [5, 5.41) is 8.44. The molecule has 1 aromatic carbocycles. The molecule has 1 aromatic heterocycles. The van der Waals surface area contributed by atoms with Gasteiger partial charge in [-0.15, -0.1) is 0 Å². The molecule has 0 unspecified atom stereocenters. The van der Waals surface area contributed by atoms with Crippen molar-refractivity contribution in [2.45, 2.75) is 6.18 Å². The van der Waals surface area contributed by atoms with E-state index in [1.54, 1.807) is 0 Å². The number of benzene rings is 1. The van der Waals surface area contributed by atoms with Crippen LogP contribution in [0.25, 0.3) is 11.4 Å². The average molecular weight is 298 g/mol. The largest absolute Gasteiger partial charge is 0.479 e. The maximum absolute atomic E-state index is 12.6. The van der Waals surface area contributed by atoms with Gasteiger partial charge in [0.15, 0.2) is 18.2 Å². The third kappa shape index (κ3) is 3.91. The first-order valence-electron chi connectivity index (χ1n) is 5.70. The van der Waals surface area contributed by atoms with Crippen molar-refractivity contribution < 1.29 is 27.8 Å². The van der Waals surface area contributed by atoms with E-state index in [2.05, 4.69) is 9.97 Å². The lowest BCUT2D eigenvalue weighted by Gasteiger charge is -2.08. The van der Waals surface area contributed by atoms with Crippen LogP contribution in [0.2, 0.25) is 0 Å². The second-order valence-electron chi connectivity index (χ2n) is 4.00. The van der Waals surface area contributed by atoms with E-state index in [0.717, 1.165) is 12.1 Å². The predicted octanol–water partition coefficient (Wildman–Crippen LogP) is 2.63. The number of alkyl halides is 3. The van der Waals surface area contributed by atoms with Crippen LogP contribution in [0, 0.1) is 0 Å². The van der Waals surface area contributed by atoms with Crippen molar-refractivity contribution in [3.63, 3.8) is 0 Å². The smallest absolute Gasteiger partial charge is 0.416 e. The summed E-state index contributed by atoms with van der Waals surface area (Å²) in [5.74, 6) is -0.950. The van der Waals surface area contributed by atoms with Crippen molar-refractivity contribution in [2.75, 3.05) is 6.61 Å². The first kappa shape index (κ1) is 14.8. The molecule has 0 fully saturated rings. The molecule has 0 aliphatic carbocycles. The number of carboxylic acids is 1. The zero-order chi connectivity index (χ0) is 15.5. The molecule has 0 bridgehead atoms. The summed E-state index contributed by atoms with van der Waals surface area (Å²) in [6.45, 7) is -0.549. The van der Waals surface area contributed by atoms with Gasteiger partial charge < -0.3 is 9.84 Å². The molecule has 5 nitrogen and oxygen atoms in total. The van der Waals surface area contributed by atoms with E-state index in [1.165, 1.54) is 24.5 Å². The van der Waals surface area contributed by atoms with Gasteiger partial charge >= 0.3 is 12.1 Å². The van der Waals surface area contributed by atoms with Gasteiger partial charge in [-0.2, -0.15) is 13.2 Å². The van der Waals surface area contributed by atoms with Gasteiger partial charge in [-0.05, 0) is 12.1 Å². The fourth-order valence-electron chi connectivity index (χ4n) is 1.52. The molecule has 0 aliphatic heterocycles. The quantitative estimate of drug-likeness (QED) is 0.939. The maximum Gasteiger partial charge on any atom is 0.416 e. The number of aliphatic carboxylic acids is 1. The molecule has 0 amide bonds. The van der Waals surface area contributed by atoms with Gasteiger partial charge in [-0.3, -0.25) is 0 Å². The van der Waals surface area contributed by atoms with E-state index < -0.39 is 24.3 Å². The third-order valence-corrected chi connectivity index (χ3v) is 2.44. The molecule has 0 saturated carbocycles. The van der Waals surface area contributed by atoms with Crippen molar-refractivity contribution in [3.05, 3.63) is 42.2 Å². The number of halogens is 3. The highest BCUT2D eigenvalue weighted by atomic mass is 19.4. The number of ether oxygens (including phenoxy) is 1. The molecule has 0 radical (unpaired) electrons. The summed E-state index contributed by atoms with van der Waals surface area (Å²) in [7, 11) is 0. The van der Waals surface area contributed by atoms with Crippen LogP contribution in [-0.4, -0.2) is 27.7 Å². The Labute approximate surface area is 117 Å². The van der Waals surface area contributed by atoms with E-state index in [1.807, 2.05) is 0 Å². The molecule has 1 heterocycles. The summed E-state index contributed by atoms with van der Waals surface area (Å²) in [6, 6.07) is 4.60. The van der Waals surface area contributed by atoms with Gasteiger partial charge in [-0.1, -0.05) is 12.1 Å². The minimum Gasteiger partial charge on any atom is -0.479 e. The van der Waals surface area contributed by atoms with Crippen molar-refractivity contribution in [3.8, 4) is 17.1 Å². The highest BCUT2D eigenvalue weighted by molar-refractivity contribution is 5.68. The summed E-state index contributed by atoms with van der Waals surface area (Å²) in [5.41, 5.74) is -0.593. The monoisotopic (exact) mass is 298 g/mol. The fraction of sp³-hybridized carbons (Fsp3) is 0.154. The first-order chi connectivity index (χ1) is 9.86. The Morgan fingerprint density at radius 2 is 1.90 bits per heavy atom. The van der Waals surface area contributed by atoms with Crippen LogP contribution in [0.15, 0.2) is 36.7 Å². The average Bonchev–Trinajstić information content (AvgIpc) is 2.45. The van der Waals surface area contributed by atoms with E-state index in [-0.39, 0.29) is 17.1 Å². The van der Waals surface area contributed by atoms with Gasteiger partial charge in [0, 0.05) is 5.56 Å². The lowest BCUT2D eigenvalue weighted by molar-refractivity contribution is -0.139. The Hall–Kier alpha value is -2.64. The Bertz CT molecular complexity index is 642. The molecule has 1 N–H and O–H groups in total. The Balaban J connectivity index is 2.21. The number of nitrogens with zero attached hydrogens (tertiary/aromatic N) is 2. The van der Waals surface area contributed by atoms with Gasteiger partial charge in [0.1, 0.15) is 0 Å². The van der Waals surface area contributed by atoms with Gasteiger partial charge in [0.2, 0.25) is 0 Å². The molecular formula is C13H9F3N2O3.